The molecule has 0 atom stereocenters. The Morgan fingerprint density at radius 2 is 2.38 bits per heavy atom. The van der Waals surface area contributed by atoms with Gasteiger partial charge >= 0.3 is 0 Å². The number of rotatable bonds is 2. The lowest BCUT2D eigenvalue weighted by atomic mass is 10.3. The Hall–Kier alpha value is -1.29. The molecule has 0 spiro atoms. The van der Waals surface area contributed by atoms with Gasteiger partial charge in [0.15, 0.2) is 5.58 Å². The number of fused-ring (bicyclic) bond motifs is 1. The predicted octanol–water partition coefficient (Wildman–Crippen LogP) is 2.89. The summed E-state index contributed by atoms with van der Waals surface area (Å²) in [7, 11) is 0. The van der Waals surface area contributed by atoms with Gasteiger partial charge < -0.3 is 14.1 Å². The minimum Gasteiger partial charge on any atom is -0.492 e. The topological polar surface area (TPSA) is 38.2 Å². The van der Waals surface area contributed by atoms with Crippen molar-refractivity contribution in [3.63, 3.8) is 0 Å². The maximum absolute atomic E-state index is 5.39. The second kappa shape index (κ2) is 3.22. The van der Waals surface area contributed by atoms with Crippen LogP contribution in [0.3, 0.4) is 0 Å². The molecule has 2 aromatic rings. The molecule has 68 valence electrons. The Morgan fingerprint density at radius 3 is 3.15 bits per heavy atom. The Bertz CT molecular complexity index is 472. The summed E-state index contributed by atoms with van der Waals surface area (Å²) in [5, 5.41) is 0. The van der Waals surface area contributed by atoms with Crippen LogP contribution in [0.1, 0.15) is 6.92 Å². The molecular weight excluding hydrogens is 186 g/mol. The fourth-order valence-electron chi connectivity index (χ4n) is 1.22. The lowest BCUT2D eigenvalue weighted by Crippen LogP contribution is -1.91. The first kappa shape index (κ1) is 8.31. The molecule has 2 rings (SSSR count). The SMILES string of the molecule is CCOc1cccc2oc(=S)[nH]c12. The first-order valence-corrected chi connectivity index (χ1v) is 4.46. The zero-order chi connectivity index (χ0) is 9.26. The monoisotopic (exact) mass is 195 g/mol. The van der Waals surface area contributed by atoms with E-state index in [0.717, 1.165) is 16.8 Å². The third kappa shape index (κ3) is 1.45. The molecule has 0 bridgehead atoms. The van der Waals surface area contributed by atoms with Crippen LogP contribution in [-0.2, 0) is 0 Å². The van der Waals surface area contributed by atoms with Gasteiger partial charge in [0.25, 0.3) is 4.84 Å². The van der Waals surface area contributed by atoms with Gasteiger partial charge in [-0.3, -0.25) is 0 Å². The van der Waals surface area contributed by atoms with E-state index in [1.807, 2.05) is 25.1 Å². The third-order valence-electron chi connectivity index (χ3n) is 1.72. The molecule has 0 aliphatic rings. The molecule has 1 aromatic heterocycles. The number of aromatic nitrogens is 1. The molecule has 13 heavy (non-hydrogen) atoms. The second-order valence-corrected chi connectivity index (χ2v) is 2.95. The van der Waals surface area contributed by atoms with Crippen LogP contribution in [0.2, 0.25) is 0 Å². The van der Waals surface area contributed by atoms with Crippen LogP contribution in [0.4, 0.5) is 0 Å². The lowest BCUT2D eigenvalue weighted by Gasteiger charge is -2.01. The van der Waals surface area contributed by atoms with Crippen LogP contribution in [-0.4, -0.2) is 11.6 Å². The summed E-state index contributed by atoms with van der Waals surface area (Å²) in [4.78, 5) is 3.31. The number of para-hydroxylation sites is 1. The first-order chi connectivity index (χ1) is 6.31. The molecule has 0 amide bonds. The summed E-state index contributed by atoms with van der Waals surface area (Å²) in [6.45, 7) is 2.57. The number of hydrogen-bond donors (Lipinski definition) is 1. The smallest absolute Gasteiger partial charge is 0.267 e. The molecule has 0 aliphatic carbocycles. The van der Waals surface area contributed by atoms with Gasteiger partial charge in [0, 0.05) is 0 Å². The van der Waals surface area contributed by atoms with E-state index in [4.69, 9.17) is 21.4 Å². The highest BCUT2D eigenvalue weighted by Crippen LogP contribution is 2.24. The second-order valence-electron chi connectivity index (χ2n) is 2.58. The van der Waals surface area contributed by atoms with Gasteiger partial charge in [0.2, 0.25) is 0 Å². The molecule has 1 N–H and O–H groups in total. The van der Waals surface area contributed by atoms with E-state index in [0.29, 0.717) is 11.4 Å². The molecule has 0 aliphatic heterocycles. The molecule has 0 saturated heterocycles. The molecule has 3 nitrogen and oxygen atoms in total. The number of nitrogens with one attached hydrogen (secondary N) is 1. The van der Waals surface area contributed by atoms with E-state index < -0.39 is 0 Å². The Labute approximate surface area is 80.3 Å². The molecule has 0 unspecified atom stereocenters. The van der Waals surface area contributed by atoms with Crippen LogP contribution in [0.5, 0.6) is 5.75 Å². The lowest BCUT2D eigenvalue weighted by molar-refractivity contribution is 0.343. The number of benzene rings is 1. The van der Waals surface area contributed by atoms with Gasteiger partial charge in [-0.2, -0.15) is 0 Å². The minimum atomic E-state index is 0.377. The molecule has 1 heterocycles. The standard InChI is InChI=1S/C9H9NO2S/c1-2-11-6-4-3-5-7-8(6)10-9(13)12-7/h3-5H,2H2,1H3,(H,10,13). The van der Waals surface area contributed by atoms with Crippen LogP contribution in [0.25, 0.3) is 11.1 Å². The minimum absolute atomic E-state index is 0.377. The highest BCUT2D eigenvalue weighted by atomic mass is 32.1. The molecule has 4 heteroatoms. The third-order valence-corrected chi connectivity index (χ3v) is 1.90. The van der Waals surface area contributed by atoms with E-state index in [9.17, 15) is 0 Å². The average Bonchev–Trinajstić information content (AvgIpc) is 2.47. The van der Waals surface area contributed by atoms with Crippen LogP contribution in [0.15, 0.2) is 22.6 Å². The fourth-order valence-corrected chi connectivity index (χ4v) is 1.41. The summed E-state index contributed by atoms with van der Waals surface area (Å²) in [5.41, 5.74) is 1.56. The van der Waals surface area contributed by atoms with Crippen molar-refractivity contribution in [2.75, 3.05) is 6.61 Å². The number of oxazole rings is 1. The van der Waals surface area contributed by atoms with Gasteiger partial charge in [0.05, 0.1) is 6.61 Å². The highest BCUT2D eigenvalue weighted by Gasteiger charge is 2.04. The van der Waals surface area contributed by atoms with Crippen molar-refractivity contribution in [1.29, 1.82) is 0 Å². The molecular formula is C9H9NO2S. The van der Waals surface area contributed by atoms with Crippen molar-refractivity contribution in [3.05, 3.63) is 23.0 Å². The van der Waals surface area contributed by atoms with Gasteiger partial charge in [0.1, 0.15) is 11.3 Å². The quantitative estimate of drug-likeness (QED) is 0.749. The largest absolute Gasteiger partial charge is 0.492 e. The summed E-state index contributed by atoms with van der Waals surface area (Å²) < 4.78 is 10.6. The Balaban J connectivity index is 2.67. The van der Waals surface area contributed by atoms with E-state index in [1.54, 1.807) is 0 Å². The number of H-pyrrole nitrogens is 1. The molecule has 0 fully saturated rings. The summed E-state index contributed by atoms with van der Waals surface area (Å²) in [6, 6.07) is 5.61. The van der Waals surface area contributed by atoms with Gasteiger partial charge in [-0.1, -0.05) is 6.07 Å². The van der Waals surface area contributed by atoms with E-state index in [2.05, 4.69) is 4.98 Å². The van der Waals surface area contributed by atoms with Crippen molar-refractivity contribution in [3.8, 4) is 5.75 Å². The predicted molar refractivity (Wildman–Crippen MR) is 52.6 cm³/mol. The zero-order valence-corrected chi connectivity index (χ0v) is 7.98. The first-order valence-electron chi connectivity index (χ1n) is 4.06. The average molecular weight is 195 g/mol. The number of ether oxygens (including phenoxy) is 1. The fraction of sp³-hybridized carbons (Fsp3) is 0.222. The van der Waals surface area contributed by atoms with Crippen LogP contribution in [0, 0.1) is 4.84 Å². The highest BCUT2D eigenvalue weighted by molar-refractivity contribution is 7.71. The Kier molecular flexibility index (Phi) is 2.06. The van der Waals surface area contributed by atoms with Crippen molar-refractivity contribution >= 4 is 23.3 Å². The summed E-state index contributed by atoms with van der Waals surface area (Å²) in [6.07, 6.45) is 0. The normalized spacial score (nSPS) is 10.5. The van der Waals surface area contributed by atoms with E-state index >= 15 is 0 Å². The van der Waals surface area contributed by atoms with Gasteiger partial charge in [-0.05, 0) is 31.3 Å². The summed E-state index contributed by atoms with van der Waals surface area (Å²) in [5.74, 6) is 0.778. The van der Waals surface area contributed by atoms with Crippen LogP contribution < -0.4 is 4.74 Å². The van der Waals surface area contributed by atoms with E-state index in [-0.39, 0.29) is 0 Å². The van der Waals surface area contributed by atoms with Crippen molar-refractivity contribution in [2.24, 2.45) is 0 Å². The van der Waals surface area contributed by atoms with Gasteiger partial charge in [-0.15, -0.1) is 0 Å². The van der Waals surface area contributed by atoms with E-state index in [1.165, 1.54) is 0 Å². The number of aromatic amines is 1. The van der Waals surface area contributed by atoms with Gasteiger partial charge in [-0.25, -0.2) is 0 Å². The Morgan fingerprint density at radius 1 is 1.54 bits per heavy atom. The summed E-state index contributed by atoms with van der Waals surface area (Å²) >= 11 is 4.88. The molecule has 0 radical (unpaired) electrons. The van der Waals surface area contributed by atoms with Crippen molar-refractivity contribution in [1.82, 2.24) is 4.98 Å². The number of hydrogen-bond acceptors (Lipinski definition) is 3. The van der Waals surface area contributed by atoms with Crippen molar-refractivity contribution < 1.29 is 9.15 Å². The maximum atomic E-state index is 5.39. The van der Waals surface area contributed by atoms with Crippen LogP contribution >= 0.6 is 12.2 Å². The molecule has 1 aromatic carbocycles. The maximum Gasteiger partial charge on any atom is 0.267 e. The zero-order valence-electron chi connectivity index (χ0n) is 7.16. The molecule has 0 saturated carbocycles. The van der Waals surface area contributed by atoms with Crippen molar-refractivity contribution in [2.45, 2.75) is 6.92 Å².